The zero-order valence-corrected chi connectivity index (χ0v) is 11.2. The quantitative estimate of drug-likeness (QED) is 0.792. The second-order valence-corrected chi connectivity index (χ2v) is 5.90. The van der Waals surface area contributed by atoms with Crippen molar-refractivity contribution in [2.24, 2.45) is 5.92 Å². The molecule has 2 heterocycles. The summed E-state index contributed by atoms with van der Waals surface area (Å²) in [6.45, 7) is 0.846. The smallest absolute Gasteiger partial charge is 0.272 e. The maximum absolute atomic E-state index is 11.9. The first-order valence-corrected chi connectivity index (χ1v) is 7.46. The van der Waals surface area contributed by atoms with E-state index < -0.39 is 0 Å². The molecule has 0 spiro atoms. The van der Waals surface area contributed by atoms with E-state index >= 15 is 0 Å². The molecule has 1 aliphatic rings. The SMILES string of the molecule is O=c1[nH][nH]c(=O)c2c(NCC3CCSC3)cccc12. The summed E-state index contributed by atoms with van der Waals surface area (Å²) in [4.78, 5) is 23.6. The molecule has 1 aromatic carbocycles. The van der Waals surface area contributed by atoms with Gasteiger partial charge in [-0.1, -0.05) is 6.07 Å². The third-order valence-electron chi connectivity index (χ3n) is 3.43. The number of aromatic nitrogens is 2. The van der Waals surface area contributed by atoms with E-state index in [0.717, 1.165) is 18.0 Å². The minimum atomic E-state index is -0.269. The summed E-state index contributed by atoms with van der Waals surface area (Å²) >= 11 is 1.96. The first kappa shape index (κ1) is 12.3. The lowest BCUT2D eigenvalue weighted by Crippen LogP contribution is -2.21. The fourth-order valence-electron chi connectivity index (χ4n) is 2.38. The largest absolute Gasteiger partial charge is 0.384 e. The highest BCUT2D eigenvalue weighted by Gasteiger charge is 2.16. The van der Waals surface area contributed by atoms with Crippen LogP contribution in [0, 0.1) is 5.92 Å². The van der Waals surface area contributed by atoms with Crippen molar-refractivity contribution >= 4 is 28.2 Å². The lowest BCUT2D eigenvalue weighted by atomic mass is 10.1. The van der Waals surface area contributed by atoms with Crippen LogP contribution in [0.25, 0.3) is 10.8 Å². The maximum Gasteiger partial charge on any atom is 0.272 e. The molecule has 1 fully saturated rings. The number of hydrogen-bond acceptors (Lipinski definition) is 4. The monoisotopic (exact) mass is 277 g/mol. The first-order chi connectivity index (χ1) is 9.25. The topological polar surface area (TPSA) is 77.8 Å². The zero-order chi connectivity index (χ0) is 13.2. The van der Waals surface area contributed by atoms with E-state index in [1.165, 1.54) is 12.2 Å². The molecule has 1 aliphatic heterocycles. The Morgan fingerprint density at radius 2 is 2.11 bits per heavy atom. The van der Waals surface area contributed by atoms with Gasteiger partial charge in [0.05, 0.1) is 10.8 Å². The molecule has 6 heteroatoms. The predicted molar refractivity (Wildman–Crippen MR) is 79.1 cm³/mol. The van der Waals surface area contributed by atoms with Crippen molar-refractivity contribution in [2.45, 2.75) is 6.42 Å². The Labute approximate surface area is 113 Å². The second kappa shape index (κ2) is 5.13. The Morgan fingerprint density at radius 1 is 1.26 bits per heavy atom. The fraction of sp³-hybridized carbons (Fsp3) is 0.385. The zero-order valence-electron chi connectivity index (χ0n) is 10.4. The lowest BCUT2D eigenvalue weighted by molar-refractivity contribution is 0.632. The Kier molecular flexibility index (Phi) is 3.33. The summed E-state index contributed by atoms with van der Waals surface area (Å²) in [7, 11) is 0. The molecule has 0 saturated carbocycles. The number of anilines is 1. The van der Waals surface area contributed by atoms with Gasteiger partial charge in [-0.15, -0.1) is 0 Å². The number of hydrogen-bond donors (Lipinski definition) is 3. The van der Waals surface area contributed by atoms with Crippen molar-refractivity contribution in [1.82, 2.24) is 10.2 Å². The molecule has 1 atom stereocenters. The van der Waals surface area contributed by atoms with E-state index in [0.29, 0.717) is 16.7 Å². The number of nitrogens with one attached hydrogen (secondary N) is 3. The number of rotatable bonds is 3. The first-order valence-electron chi connectivity index (χ1n) is 6.31. The summed E-state index contributed by atoms with van der Waals surface area (Å²) in [5.41, 5.74) is 0.204. The van der Waals surface area contributed by atoms with Gasteiger partial charge >= 0.3 is 0 Å². The normalized spacial score (nSPS) is 18.8. The van der Waals surface area contributed by atoms with E-state index in [9.17, 15) is 9.59 Å². The van der Waals surface area contributed by atoms with Crippen molar-refractivity contribution in [3.63, 3.8) is 0 Å². The number of benzene rings is 1. The van der Waals surface area contributed by atoms with Crippen molar-refractivity contribution in [3.8, 4) is 0 Å². The predicted octanol–water partition coefficient (Wildman–Crippen LogP) is 1.38. The van der Waals surface area contributed by atoms with Crippen molar-refractivity contribution in [3.05, 3.63) is 38.9 Å². The van der Waals surface area contributed by atoms with Gasteiger partial charge in [0.25, 0.3) is 11.1 Å². The summed E-state index contributed by atoms with van der Waals surface area (Å²) in [5.74, 6) is 3.01. The van der Waals surface area contributed by atoms with Crippen LogP contribution in [-0.2, 0) is 0 Å². The Morgan fingerprint density at radius 3 is 2.89 bits per heavy atom. The molecule has 1 saturated heterocycles. The summed E-state index contributed by atoms with van der Waals surface area (Å²) in [5, 5.41) is 8.90. The van der Waals surface area contributed by atoms with E-state index in [1.54, 1.807) is 12.1 Å². The Hall–Kier alpha value is -1.69. The van der Waals surface area contributed by atoms with Gasteiger partial charge in [0.2, 0.25) is 0 Å². The Bertz CT molecular complexity index is 701. The molecule has 19 heavy (non-hydrogen) atoms. The van der Waals surface area contributed by atoms with E-state index in [-0.39, 0.29) is 11.1 Å². The van der Waals surface area contributed by atoms with Crippen LogP contribution in [0.3, 0.4) is 0 Å². The summed E-state index contributed by atoms with van der Waals surface area (Å²) in [6, 6.07) is 5.31. The van der Waals surface area contributed by atoms with E-state index in [2.05, 4.69) is 15.5 Å². The molecular weight excluding hydrogens is 262 g/mol. The second-order valence-electron chi connectivity index (χ2n) is 4.75. The van der Waals surface area contributed by atoms with Crippen LogP contribution in [-0.4, -0.2) is 28.2 Å². The summed E-state index contributed by atoms with van der Waals surface area (Å²) in [6.07, 6.45) is 1.21. The van der Waals surface area contributed by atoms with Gasteiger partial charge in [0.1, 0.15) is 0 Å². The molecule has 0 aliphatic carbocycles. The summed E-state index contributed by atoms with van der Waals surface area (Å²) < 4.78 is 0. The Balaban J connectivity index is 1.96. The highest BCUT2D eigenvalue weighted by molar-refractivity contribution is 7.99. The molecule has 2 aromatic rings. The minimum absolute atomic E-state index is 0.265. The van der Waals surface area contributed by atoms with Crippen molar-refractivity contribution < 1.29 is 0 Å². The average molecular weight is 277 g/mol. The maximum atomic E-state index is 11.9. The van der Waals surface area contributed by atoms with Crippen LogP contribution in [0.5, 0.6) is 0 Å². The third-order valence-corrected chi connectivity index (χ3v) is 4.66. The van der Waals surface area contributed by atoms with Crippen molar-refractivity contribution in [2.75, 3.05) is 23.4 Å². The lowest BCUT2D eigenvalue weighted by Gasteiger charge is -2.12. The van der Waals surface area contributed by atoms with Gasteiger partial charge in [-0.3, -0.25) is 19.8 Å². The molecule has 1 aromatic heterocycles. The molecular formula is C13H15N3O2S. The van der Waals surface area contributed by atoms with Gasteiger partial charge < -0.3 is 5.32 Å². The molecule has 5 nitrogen and oxygen atoms in total. The van der Waals surface area contributed by atoms with Crippen LogP contribution in [0.2, 0.25) is 0 Å². The van der Waals surface area contributed by atoms with Gasteiger partial charge in [0.15, 0.2) is 0 Å². The van der Waals surface area contributed by atoms with Crippen LogP contribution in [0.4, 0.5) is 5.69 Å². The van der Waals surface area contributed by atoms with E-state index in [1.807, 2.05) is 17.8 Å². The minimum Gasteiger partial charge on any atom is -0.384 e. The molecule has 0 bridgehead atoms. The number of H-pyrrole nitrogens is 2. The fourth-order valence-corrected chi connectivity index (χ4v) is 3.66. The van der Waals surface area contributed by atoms with Gasteiger partial charge in [-0.2, -0.15) is 11.8 Å². The van der Waals surface area contributed by atoms with Crippen molar-refractivity contribution in [1.29, 1.82) is 0 Å². The number of fused-ring (bicyclic) bond motifs is 1. The van der Waals surface area contributed by atoms with Gasteiger partial charge in [0, 0.05) is 12.2 Å². The standard InChI is InChI=1S/C13H15N3O2S/c17-12-9-2-1-3-10(11(9)13(18)16-15-12)14-6-8-4-5-19-7-8/h1-3,8,14H,4-7H2,(H,15,17)(H,16,18). The van der Waals surface area contributed by atoms with E-state index in [4.69, 9.17) is 0 Å². The van der Waals surface area contributed by atoms with Crippen LogP contribution < -0.4 is 16.4 Å². The van der Waals surface area contributed by atoms with Crippen LogP contribution >= 0.6 is 11.8 Å². The third kappa shape index (κ3) is 2.40. The van der Waals surface area contributed by atoms with Crippen LogP contribution in [0.15, 0.2) is 27.8 Å². The molecule has 1 unspecified atom stereocenters. The molecule has 3 N–H and O–H groups in total. The molecule has 0 radical (unpaired) electrons. The average Bonchev–Trinajstić information content (AvgIpc) is 2.94. The van der Waals surface area contributed by atoms with Gasteiger partial charge in [-0.05, 0) is 36.0 Å². The number of aromatic amines is 2. The molecule has 3 rings (SSSR count). The van der Waals surface area contributed by atoms with Gasteiger partial charge in [-0.25, -0.2) is 0 Å². The number of thioether (sulfide) groups is 1. The van der Waals surface area contributed by atoms with Crippen LogP contribution in [0.1, 0.15) is 6.42 Å². The molecule has 0 amide bonds. The molecule has 100 valence electrons. The highest BCUT2D eigenvalue weighted by Crippen LogP contribution is 2.24. The highest BCUT2D eigenvalue weighted by atomic mass is 32.2.